The molecule has 0 radical (unpaired) electrons. The molecule has 0 bridgehead atoms. The smallest absolute Gasteiger partial charge is 0.120 e. The molecule has 14 heavy (non-hydrogen) atoms. The van der Waals surface area contributed by atoms with Gasteiger partial charge in [0.2, 0.25) is 0 Å². The second kappa shape index (κ2) is 4.38. The van der Waals surface area contributed by atoms with Gasteiger partial charge in [0.15, 0.2) is 0 Å². The van der Waals surface area contributed by atoms with Gasteiger partial charge in [-0.2, -0.15) is 0 Å². The lowest BCUT2D eigenvalue weighted by Crippen LogP contribution is -2.24. The molecule has 1 saturated heterocycles. The highest BCUT2D eigenvalue weighted by molar-refractivity contribution is 5.50. The Kier molecular flexibility index (Phi) is 2.94. The number of carbonyl (C=O) groups is 1. The number of aldehydes is 1. The molecule has 0 aliphatic carbocycles. The van der Waals surface area contributed by atoms with Gasteiger partial charge in [-0.3, -0.25) is 0 Å². The highest BCUT2D eigenvalue weighted by atomic mass is 16.5. The Balaban J connectivity index is 1.98. The van der Waals surface area contributed by atoms with E-state index in [1.54, 1.807) is 0 Å². The van der Waals surface area contributed by atoms with Gasteiger partial charge in [-0.05, 0) is 17.5 Å². The number of hydrogen-bond donors (Lipinski definition) is 0. The second-order valence-corrected chi connectivity index (χ2v) is 3.68. The Bertz CT molecular complexity index is 299. The molecule has 1 aliphatic heterocycles. The minimum atomic E-state index is 0.593. The molecular formula is C12H14O2. The average molecular weight is 190 g/mol. The van der Waals surface area contributed by atoms with Gasteiger partial charge >= 0.3 is 0 Å². The van der Waals surface area contributed by atoms with Crippen molar-refractivity contribution in [2.24, 2.45) is 0 Å². The first-order chi connectivity index (χ1) is 6.90. The summed E-state index contributed by atoms with van der Waals surface area (Å²) < 4.78 is 5.14. The third-order valence-corrected chi connectivity index (χ3v) is 2.64. The van der Waals surface area contributed by atoms with Crippen LogP contribution in [0.3, 0.4) is 0 Å². The molecule has 0 spiro atoms. The van der Waals surface area contributed by atoms with Crippen LogP contribution < -0.4 is 0 Å². The fraction of sp³-hybridized carbons (Fsp3) is 0.417. The number of aryl methyl sites for hydroxylation is 1. The summed E-state index contributed by atoms with van der Waals surface area (Å²) in [6.07, 6.45) is 2.44. The highest BCUT2D eigenvalue weighted by Gasteiger charge is 2.19. The van der Waals surface area contributed by atoms with Crippen LogP contribution in [0.15, 0.2) is 24.3 Å². The second-order valence-electron chi connectivity index (χ2n) is 3.68. The van der Waals surface area contributed by atoms with Crippen LogP contribution in [0, 0.1) is 0 Å². The number of benzene rings is 1. The van der Waals surface area contributed by atoms with Crippen molar-refractivity contribution in [3.8, 4) is 0 Å². The van der Waals surface area contributed by atoms with Crippen LogP contribution in [0.4, 0.5) is 0 Å². The summed E-state index contributed by atoms with van der Waals surface area (Å²) in [6, 6.07) is 8.51. The fourth-order valence-electron chi connectivity index (χ4n) is 1.61. The van der Waals surface area contributed by atoms with Crippen LogP contribution in [0.5, 0.6) is 0 Å². The Labute approximate surface area is 83.9 Å². The summed E-state index contributed by atoms with van der Waals surface area (Å²) in [6.45, 7) is 1.71. The lowest BCUT2D eigenvalue weighted by atomic mass is 9.96. The Morgan fingerprint density at radius 3 is 2.50 bits per heavy atom. The summed E-state index contributed by atoms with van der Waals surface area (Å²) in [7, 11) is 0. The van der Waals surface area contributed by atoms with E-state index in [9.17, 15) is 4.79 Å². The first-order valence-corrected chi connectivity index (χ1v) is 5.00. The van der Waals surface area contributed by atoms with Gasteiger partial charge in [-0.15, -0.1) is 0 Å². The van der Waals surface area contributed by atoms with Crippen LogP contribution in [-0.4, -0.2) is 19.5 Å². The molecule has 1 aromatic rings. The molecule has 0 aromatic heterocycles. The molecule has 0 N–H and O–H groups in total. The molecule has 1 heterocycles. The van der Waals surface area contributed by atoms with Crippen molar-refractivity contribution in [1.29, 1.82) is 0 Å². The lowest BCUT2D eigenvalue weighted by molar-refractivity contribution is -0.107. The molecule has 0 atom stereocenters. The van der Waals surface area contributed by atoms with E-state index in [-0.39, 0.29) is 0 Å². The molecule has 1 fully saturated rings. The molecule has 0 saturated carbocycles. The van der Waals surface area contributed by atoms with Crippen molar-refractivity contribution >= 4 is 6.29 Å². The SMILES string of the molecule is O=CCCc1ccc(C2COC2)cc1. The van der Waals surface area contributed by atoms with Crippen molar-refractivity contribution in [1.82, 2.24) is 0 Å². The monoisotopic (exact) mass is 190 g/mol. The molecule has 2 heteroatoms. The predicted molar refractivity (Wildman–Crippen MR) is 54.4 cm³/mol. The topological polar surface area (TPSA) is 26.3 Å². The van der Waals surface area contributed by atoms with Crippen molar-refractivity contribution < 1.29 is 9.53 Å². The molecule has 0 unspecified atom stereocenters. The first kappa shape index (κ1) is 9.41. The van der Waals surface area contributed by atoms with Gasteiger partial charge in [0.25, 0.3) is 0 Å². The maximum absolute atomic E-state index is 10.2. The van der Waals surface area contributed by atoms with E-state index in [2.05, 4.69) is 24.3 Å². The molecular weight excluding hydrogens is 176 g/mol. The number of rotatable bonds is 4. The Hall–Kier alpha value is -1.15. The zero-order chi connectivity index (χ0) is 9.80. The standard InChI is InChI=1S/C12H14O2/c13-7-1-2-10-3-5-11(6-4-10)12-8-14-9-12/h3-7,12H,1-2,8-9H2. The third-order valence-electron chi connectivity index (χ3n) is 2.64. The number of carbonyl (C=O) groups excluding carboxylic acids is 1. The molecule has 74 valence electrons. The zero-order valence-electron chi connectivity index (χ0n) is 8.11. The number of ether oxygens (including phenoxy) is 1. The fourth-order valence-corrected chi connectivity index (χ4v) is 1.61. The van der Waals surface area contributed by atoms with Crippen molar-refractivity contribution in [2.45, 2.75) is 18.8 Å². The van der Waals surface area contributed by atoms with Crippen molar-refractivity contribution in [3.05, 3.63) is 35.4 Å². The first-order valence-electron chi connectivity index (χ1n) is 5.00. The largest absolute Gasteiger partial charge is 0.380 e. The maximum atomic E-state index is 10.2. The molecule has 2 rings (SSSR count). The van der Waals surface area contributed by atoms with E-state index in [1.165, 1.54) is 11.1 Å². The van der Waals surface area contributed by atoms with E-state index >= 15 is 0 Å². The van der Waals surface area contributed by atoms with Gasteiger partial charge in [-0.25, -0.2) is 0 Å². The van der Waals surface area contributed by atoms with Gasteiger partial charge in [0.05, 0.1) is 13.2 Å². The third kappa shape index (κ3) is 2.02. The van der Waals surface area contributed by atoms with E-state index in [4.69, 9.17) is 4.74 Å². The summed E-state index contributed by atoms with van der Waals surface area (Å²) >= 11 is 0. The maximum Gasteiger partial charge on any atom is 0.120 e. The molecule has 0 amide bonds. The van der Waals surface area contributed by atoms with Crippen LogP contribution in [0.2, 0.25) is 0 Å². The van der Waals surface area contributed by atoms with E-state index in [0.29, 0.717) is 12.3 Å². The zero-order valence-corrected chi connectivity index (χ0v) is 8.11. The van der Waals surface area contributed by atoms with Crippen LogP contribution >= 0.6 is 0 Å². The summed E-state index contributed by atoms with van der Waals surface area (Å²) in [5.41, 5.74) is 2.59. The van der Waals surface area contributed by atoms with Crippen molar-refractivity contribution in [3.63, 3.8) is 0 Å². The highest BCUT2D eigenvalue weighted by Crippen LogP contribution is 2.24. The Morgan fingerprint density at radius 2 is 2.00 bits per heavy atom. The van der Waals surface area contributed by atoms with Gasteiger partial charge in [-0.1, -0.05) is 24.3 Å². The minimum Gasteiger partial charge on any atom is -0.380 e. The van der Waals surface area contributed by atoms with E-state index in [1.807, 2.05) is 0 Å². The van der Waals surface area contributed by atoms with E-state index < -0.39 is 0 Å². The summed E-state index contributed by atoms with van der Waals surface area (Å²) in [5, 5.41) is 0. The van der Waals surface area contributed by atoms with Gasteiger partial charge in [0.1, 0.15) is 6.29 Å². The van der Waals surface area contributed by atoms with Crippen LogP contribution in [-0.2, 0) is 16.0 Å². The predicted octanol–water partition coefficient (Wildman–Crippen LogP) is 1.93. The molecule has 1 aromatic carbocycles. The minimum absolute atomic E-state index is 0.593. The normalized spacial score (nSPS) is 16.3. The molecule has 1 aliphatic rings. The quantitative estimate of drug-likeness (QED) is 0.678. The van der Waals surface area contributed by atoms with Gasteiger partial charge in [0, 0.05) is 12.3 Å². The Morgan fingerprint density at radius 1 is 1.29 bits per heavy atom. The van der Waals surface area contributed by atoms with Crippen LogP contribution in [0.1, 0.15) is 23.5 Å². The van der Waals surface area contributed by atoms with Crippen molar-refractivity contribution in [2.75, 3.05) is 13.2 Å². The van der Waals surface area contributed by atoms with Gasteiger partial charge < -0.3 is 9.53 Å². The molecule has 2 nitrogen and oxygen atoms in total. The van der Waals surface area contributed by atoms with E-state index in [0.717, 1.165) is 25.9 Å². The summed E-state index contributed by atoms with van der Waals surface area (Å²) in [5.74, 6) is 0.593. The number of hydrogen-bond acceptors (Lipinski definition) is 2. The lowest BCUT2D eigenvalue weighted by Gasteiger charge is -2.26. The average Bonchev–Trinajstić information content (AvgIpc) is 2.14. The summed E-state index contributed by atoms with van der Waals surface area (Å²) in [4.78, 5) is 10.2. The van der Waals surface area contributed by atoms with Crippen LogP contribution in [0.25, 0.3) is 0 Å².